The minimum absolute atomic E-state index is 0.109. The van der Waals surface area contributed by atoms with Crippen molar-refractivity contribution in [3.05, 3.63) is 63.7 Å². The average Bonchev–Trinajstić information content (AvgIpc) is 2.83. The van der Waals surface area contributed by atoms with E-state index in [4.69, 9.17) is 5.26 Å². The van der Waals surface area contributed by atoms with Crippen molar-refractivity contribution in [2.45, 2.75) is 0 Å². The normalized spacial score (nSPS) is 14.3. The second-order valence-electron chi connectivity index (χ2n) is 4.56. The van der Waals surface area contributed by atoms with Gasteiger partial charge in [-0.05, 0) is 30.3 Å². The molecule has 1 aliphatic heterocycles. The zero-order valence-electron chi connectivity index (χ0n) is 11.1. The van der Waals surface area contributed by atoms with Crippen LogP contribution in [0.4, 0.5) is 17.1 Å². The van der Waals surface area contributed by atoms with Crippen LogP contribution in [0.2, 0.25) is 0 Å². The predicted molar refractivity (Wildman–Crippen MR) is 79.1 cm³/mol. The maximum atomic E-state index is 12.0. The molecule has 0 radical (unpaired) electrons. The SMILES string of the molecule is N#Cc1ccc(N=C2C(=O)Nc3ccc([N+](=O)[O-])cc32)cc1. The van der Waals surface area contributed by atoms with Crippen LogP contribution in [0.1, 0.15) is 11.1 Å². The zero-order valence-corrected chi connectivity index (χ0v) is 11.1. The number of carbonyl (C=O) groups is 1. The van der Waals surface area contributed by atoms with E-state index in [2.05, 4.69) is 10.3 Å². The molecule has 0 spiro atoms. The molecule has 0 atom stereocenters. The molecule has 1 aliphatic rings. The number of nitro benzene ring substituents is 1. The summed E-state index contributed by atoms with van der Waals surface area (Å²) < 4.78 is 0. The van der Waals surface area contributed by atoms with E-state index in [1.165, 1.54) is 18.2 Å². The first-order valence-electron chi connectivity index (χ1n) is 6.27. The minimum atomic E-state index is -0.525. The Hall–Kier alpha value is -3.53. The Morgan fingerprint density at radius 3 is 2.55 bits per heavy atom. The monoisotopic (exact) mass is 292 g/mol. The zero-order chi connectivity index (χ0) is 15.7. The first-order chi connectivity index (χ1) is 10.6. The second kappa shape index (κ2) is 5.10. The number of non-ortho nitro benzene ring substituents is 1. The van der Waals surface area contributed by atoms with Crippen molar-refractivity contribution in [1.82, 2.24) is 0 Å². The number of amides is 1. The highest BCUT2D eigenvalue weighted by Crippen LogP contribution is 2.29. The topological polar surface area (TPSA) is 108 Å². The van der Waals surface area contributed by atoms with Crippen LogP contribution < -0.4 is 5.32 Å². The van der Waals surface area contributed by atoms with E-state index in [-0.39, 0.29) is 11.4 Å². The highest BCUT2D eigenvalue weighted by Gasteiger charge is 2.28. The number of nitriles is 1. The fourth-order valence-corrected chi connectivity index (χ4v) is 2.11. The summed E-state index contributed by atoms with van der Waals surface area (Å²) in [7, 11) is 0. The molecule has 7 heteroatoms. The Labute approximate surface area is 124 Å². The van der Waals surface area contributed by atoms with Gasteiger partial charge in [0.2, 0.25) is 0 Å². The maximum Gasteiger partial charge on any atom is 0.275 e. The lowest BCUT2D eigenvalue weighted by Crippen LogP contribution is -2.13. The Kier molecular flexibility index (Phi) is 3.12. The van der Waals surface area contributed by atoms with Crippen LogP contribution in [-0.4, -0.2) is 16.5 Å². The van der Waals surface area contributed by atoms with Crippen LogP contribution in [0.25, 0.3) is 0 Å². The number of aliphatic imine (C=N–C) groups is 1. The van der Waals surface area contributed by atoms with Gasteiger partial charge in [0.25, 0.3) is 11.6 Å². The summed E-state index contributed by atoms with van der Waals surface area (Å²) in [4.78, 5) is 26.5. The van der Waals surface area contributed by atoms with E-state index in [1.807, 2.05) is 6.07 Å². The van der Waals surface area contributed by atoms with Crippen LogP contribution in [0.3, 0.4) is 0 Å². The van der Waals surface area contributed by atoms with E-state index in [1.54, 1.807) is 24.3 Å². The van der Waals surface area contributed by atoms with E-state index in [9.17, 15) is 14.9 Å². The van der Waals surface area contributed by atoms with Crippen LogP contribution in [0.15, 0.2) is 47.5 Å². The van der Waals surface area contributed by atoms with Crippen molar-refractivity contribution in [2.75, 3.05) is 5.32 Å². The lowest BCUT2D eigenvalue weighted by atomic mass is 10.1. The number of nitrogens with one attached hydrogen (secondary N) is 1. The van der Waals surface area contributed by atoms with E-state index in [0.29, 0.717) is 22.5 Å². The molecule has 3 rings (SSSR count). The molecule has 22 heavy (non-hydrogen) atoms. The molecule has 0 aromatic heterocycles. The predicted octanol–water partition coefficient (Wildman–Crippen LogP) is 2.54. The molecule has 0 fully saturated rings. The van der Waals surface area contributed by atoms with Gasteiger partial charge in [0.1, 0.15) is 5.71 Å². The maximum absolute atomic E-state index is 12.0. The third-order valence-electron chi connectivity index (χ3n) is 3.17. The number of carbonyl (C=O) groups excluding carboxylic acids is 1. The summed E-state index contributed by atoms with van der Waals surface area (Å²) in [5.74, 6) is -0.417. The third-order valence-corrected chi connectivity index (χ3v) is 3.17. The summed E-state index contributed by atoms with van der Waals surface area (Å²) in [6.45, 7) is 0. The van der Waals surface area contributed by atoms with Crippen molar-refractivity contribution >= 4 is 28.7 Å². The van der Waals surface area contributed by atoms with Gasteiger partial charge in [-0.15, -0.1) is 0 Å². The Morgan fingerprint density at radius 1 is 1.18 bits per heavy atom. The van der Waals surface area contributed by atoms with E-state index in [0.717, 1.165) is 0 Å². The number of rotatable bonds is 2. The molecular weight excluding hydrogens is 284 g/mol. The van der Waals surface area contributed by atoms with Crippen LogP contribution in [-0.2, 0) is 4.79 Å². The van der Waals surface area contributed by atoms with Crippen LogP contribution in [0, 0.1) is 21.4 Å². The first kappa shape index (κ1) is 13.5. The summed E-state index contributed by atoms with van der Waals surface area (Å²) in [6.07, 6.45) is 0. The molecule has 106 valence electrons. The van der Waals surface area contributed by atoms with Gasteiger partial charge in [0.05, 0.1) is 27.9 Å². The highest BCUT2D eigenvalue weighted by atomic mass is 16.6. The van der Waals surface area contributed by atoms with Crippen molar-refractivity contribution in [3.8, 4) is 6.07 Å². The smallest absolute Gasteiger partial charge is 0.275 e. The molecule has 0 bridgehead atoms. The van der Waals surface area contributed by atoms with Crippen molar-refractivity contribution in [1.29, 1.82) is 5.26 Å². The molecule has 0 aliphatic carbocycles. The molecule has 1 amide bonds. The molecule has 0 unspecified atom stereocenters. The van der Waals surface area contributed by atoms with E-state index >= 15 is 0 Å². The molecule has 2 aromatic carbocycles. The van der Waals surface area contributed by atoms with Crippen LogP contribution >= 0.6 is 0 Å². The number of benzene rings is 2. The standard InChI is InChI=1S/C15H8N4O3/c16-8-9-1-3-10(4-2-9)17-14-12-7-11(19(21)22)5-6-13(12)18-15(14)20/h1-7H,(H,17,18,20). The summed E-state index contributed by atoms with van der Waals surface area (Å²) in [5.41, 5.74) is 1.86. The molecule has 1 heterocycles. The molecular formula is C15H8N4O3. The number of nitrogens with zero attached hydrogens (tertiary/aromatic N) is 3. The Bertz CT molecular complexity index is 863. The van der Waals surface area contributed by atoms with E-state index < -0.39 is 10.8 Å². The molecule has 7 nitrogen and oxygen atoms in total. The van der Waals surface area contributed by atoms with Crippen molar-refractivity contribution < 1.29 is 9.72 Å². The van der Waals surface area contributed by atoms with Gasteiger partial charge in [0.15, 0.2) is 0 Å². The lowest BCUT2D eigenvalue weighted by Gasteiger charge is -1.99. The molecule has 0 saturated heterocycles. The first-order valence-corrected chi connectivity index (χ1v) is 6.27. The van der Waals surface area contributed by atoms with Gasteiger partial charge in [-0.3, -0.25) is 14.9 Å². The minimum Gasteiger partial charge on any atom is -0.320 e. The second-order valence-corrected chi connectivity index (χ2v) is 4.56. The number of hydrogen-bond acceptors (Lipinski definition) is 5. The number of nitro groups is 1. The fraction of sp³-hybridized carbons (Fsp3) is 0. The molecule has 0 saturated carbocycles. The van der Waals surface area contributed by atoms with Gasteiger partial charge in [-0.2, -0.15) is 5.26 Å². The van der Waals surface area contributed by atoms with Crippen LogP contribution in [0.5, 0.6) is 0 Å². The number of anilines is 1. The summed E-state index contributed by atoms with van der Waals surface area (Å²) in [5, 5.41) is 22.2. The molecule has 1 N–H and O–H groups in total. The van der Waals surface area contributed by atoms with Crippen molar-refractivity contribution in [3.63, 3.8) is 0 Å². The summed E-state index contributed by atoms with van der Waals surface area (Å²) in [6, 6.07) is 12.5. The van der Waals surface area contributed by atoms with Crippen molar-refractivity contribution in [2.24, 2.45) is 4.99 Å². The van der Waals surface area contributed by atoms with Gasteiger partial charge in [-0.1, -0.05) is 0 Å². The quantitative estimate of drug-likeness (QED) is 0.677. The fourth-order valence-electron chi connectivity index (χ4n) is 2.11. The van der Waals surface area contributed by atoms with Gasteiger partial charge < -0.3 is 5.32 Å². The van der Waals surface area contributed by atoms with Gasteiger partial charge in [-0.25, -0.2) is 4.99 Å². The Morgan fingerprint density at radius 2 is 1.91 bits per heavy atom. The lowest BCUT2D eigenvalue weighted by molar-refractivity contribution is -0.384. The Balaban J connectivity index is 2.06. The van der Waals surface area contributed by atoms with Gasteiger partial charge >= 0.3 is 0 Å². The number of hydrogen-bond donors (Lipinski definition) is 1. The summed E-state index contributed by atoms with van der Waals surface area (Å²) >= 11 is 0. The average molecular weight is 292 g/mol. The largest absolute Gasteiger partial charge is 0.320 e. The number of fused-ring (bicyclic) bond motifs is 1. The molecule has 2 aromatic rings. The third kappa shape index (κ3) is 2.29. The van der Waals surface area contributed by atoms with Gasteiger partial charge in [0, 0.05) is 17.7 Å². The highest BCUT2D eigenvalue weighted by molar-refractivity contribution is 6.54.